The number of amides is 1. The summed E-state index contributed by atoms with van der Waals surface area (Å²) in [5.74, 6) is 0.0133. The first-order valence-corrected chi connectivity index (χ1v) is 8.84. The maximum atomic E-state index is 12.2. The number of thioether (sulfide) groups is 1. The molecular formula is C15H20N4OS2. The maximum Gasteiger partial charge on any atom is 0.233 e. The molecule has 7 heteroatoms. The maximum absolute atomic E-state index is 12.2. The van der Waals surface area contributed by atoms with Gasteiger partial charge < -0.3 is 11.1 Å². The van der Waals surface area contributed by atoms with Gasteiger partial charge in [0.2, 0.25) is 11.0 Å². The summed E-state index contributed by atoms with van der Waals surface area (Å²) >= 11 is 2.68. The fourth-order valence-corrected chi connectivity index (χ4v) is 3.72. The van der Waals surface area contributed by atoms with Crippen LogP contribution in [0.3, 0.4) is 0 Å². The predicted molar refractivity (Wildman–Crippen MR) is 92.0 cm³/mol. The molecule has 118 valence electrons. The van der Waals surface area contributed by atoms with Gasteiger partial charge in [0.15, 0.2) is 4.34 Å². The van der Waals surface area contributed by atoms with Gasteiger partial charge in [-0.1, -0.05) is 53.4 Å². The van der Waals surface area contributed by atoms with E-state index in [2.05, 4.69) is 27.6 Å². The summed E-state index contributed by atoms with van der Waals surface area (Å²) in [5.41, 5.74) is 6.82. The van der Waals surface area contributed by atoms with E-state index in [1.165, 1.54) is 28.7 Å². The molecular weight excluding hydrogens is 316 g/mol. The number of nitrogens with zero attached hydrogens (tertiary/aromatic N) is 2. The molecule has 0 aliphatic heterocycles. The zero-order chi connectivity index (χ0) is 15.9. The zero-order valence-electron chi connectivity index (χ0n) is 12.7. The predicted octanol–water partition coefficient (Wildman–Crippen LogP) is 2.74. The number of benzene rings is 1. The van der Waals surface area contributed by atoms with Crippen LogP contribution in [0.2, 0.25) is 0 Å². The van der Waals surface area contributed by atoms with Crippen molar-refractivity contribution in [3.63, 3.8) is 0 Å². The minimum atomic E-state index is -0.216. The fourth-order valence-electron chi connectivity index (χ4n) is 1.93. The lowest BCUT2D eigenvalue weighted by Crippen LogP contribution is -2.37. The first-order valence-electron chi connectivity index (χ1n) is 7.14. The SMILES string of the molecule is C[C@@H](CCc1ccccc1)NC(=O)[C@@H](C)Sc1nnc(N)s1. The smallest absolute Gasteiger partial charge is 0.233 e. The van der Waals surface area contributed by atoms with Crippen LogP contribution in [-0.2, 0) is 11.2 Å². The standard InChI is InChI=1S/C15H20N4OS2/c1-10(8-9-12-6-4-3-5-7-12)17-13(20)11(2)21-15-19-18-14(16)22-15/h3-7,10-11H,8-9H2,1-2H3,(H2,16,18)(H,17,20)/t10-,11+/m0/s1. The van der Waals surface area contributed by atoms with Gasteiger partial charge in [-0.15, -0.1) is 10.2 Å². The Kier molecular flexibility index (Phi) is 6.21. The van der Waals surface area contributed by atoms with Crippen LogP contribution >= 0.6 is 23.1 Å². The number of nitrogen functional groups attached to an aromatic ring is 1. The Bertz CT molecular complexity index is 603. The second-order valence-corrected chi connectivity index (χ2v) is 7.70. The minimum Gasteiger partial charge on any atom is -0.374 e. The van der Waals surface area contributed by atoms with Gasteiger partial charge in [0.1, 0.15) is 0 Å². The second-order valence-electron chi connectivity index (χ2n) is 5.10. The Hall–Kier alpha value is -1.60. The van der Waals surface area contributed by atoms with Crippen LogP contribution in [0.4, 0.5) is 5.13 Å². The molecule has 1 amide bonds. The Balaban J connectivity index is 1.75. The molecule has 5 nitrogen and oxygen atoms in total. The topological polar surface area (TPSA) is 80.9 Å². The quantitative estimate of drug-likeness (QED) is 0.760. The van der Waals surface area contributed by atoms with Gasteiger partial charge in [0.05, 0.1) is 5.25 Å². The molecule has 0 bridgehead atoms. The Morgan fingerprint density at radius 2 is 2.05 bits per heavy atom. The third kappa shape index (κ3) is 5.31. The molecule has 0 fully saturated rings. The van der Waals surface area contributed by atoms with Gasteiger partial charge in [0, 0.05) is 6.04 Å². The number of rotatable bonds is 7. The van der Waals surface area contributed by atoms with E-state index < -0.39 is 0 Å². The molecule has 0 radical (unpaired) electrons. The lowest BCUT2D eigenvalue weighted by molar-refractivity contribution is -0.120. The normalized spacial score (nSPS) is 13.5. The Morgan fingerprint density at radius 3 is 2.68 bits per heavy atom. The van der Waals surface area contributed by atoms with E-state index in [-0.39, 0.29) is 17.2 Å². The average molecular weight is 336 g/mol. The molecule has 0 aliphatic rings. The molecule has 1 aromatic carbocycles. The Labute approximate surface area is 138 Å². The summed E-state index contributed by atoms with van der Waals surface area (Å²) in [4.78, 5) is 12.2. The van der Waals surface area contributed by atoms with E-state index in [0.717, 1.165) is 17.2 Å². The van der Waals surface area contributed by atoms with E-state index in [9.17, 15) is 4.79 Å². The van der Waals surface area contributed by atoms with Crippen molar-refractivity contribution in [1.29, 1.82) is 0 Å². The number of hydrogen-bond acceptors (Lipinski definition) is 6. The number of nitrogens with one attached hydrogen (secondary N) is 1. The third-order valence-electron chi connectivity index (χ3n) is 3.17. The van der Waals surface area contributed by atoms with Crippen molar-refractivity contribution in [3.8, 4) is 0 Å². The highest BCUT2D eigenvalue weighted by Crippen LogP contribution is 2.27. The Morgan fingerprint density at radius 1 is 1.32 bits per heavy atom. The molecule has 1 heterocycles. The number of anilines is 1. The molecule has 0 saturated carbocycles. The van der Waals surface area contributed by atoms with Crippen molar-refractivity contribution in [2.45, 2.75) is 42.3 Å². The number of carbonyl (C=O) groups is 1. The molecule has 3 N–H and O–H groups in total. The van der Waals surface area contributed by atoms with Crippen LogP contribution in [-0.4, -0.2) is 27.4 Å². The van der Waals surface area contributed by atoms with Crippen molar-refractivity contribution in [2.75, 3.05) is 5.73 Å². The molecule has 0 aliphatic carbocycles. The molecule has 22 heavy (non-hydrogen) atoms. The highest BCUT2D eigenvalue weighted by Gasteiger charge is 2.18. The highest BCUT2D eigenvalue weighted by molar-refractivity contribution is 8.02. The molecule has 1 aromatic heterocycles. The summed E-state index contributed by atoms with van der Waals surface area (Å²) in [6.07, 6.45) is 1.87. The molecule has 2 rings (SSSR count). The van der Waals surface area contributed by atoms with E-state index in [4.69, 9.17) is 5.73 Å². The summed E-state index contributed by atoms with van der Waals surface area (Å²) < 4.78 is 0.720. The third-order valence-corrected chi connectivity index (χ3v) is 5.10. The van der Waals surface area contributed by atoms with Crippen molar-refractivity contribution in [3.05, 3.63) is 35.9 Å². The van der Waals surface area contributed by atoms with Crippen LogP contribution in [0.5, 0.6) is 0 Å². The van der Waals surface area contributed by atoms with E-state index >= 15 is 0 Å². The largest absolute Gasteiger partial charge is 0.374 e. The monoisotopic (exact) mass is 336 g/mol. The summed E-state index contributed by atoms with van der Waals surface area (Å²) in [6.45, 7) is 3.89. The number of aryl methyl sites for hydroxylation is 1. The average Bonchev–Trinajstić information content (AvgIpc) is 2.91. The van der Waals surface area contributed by atoms with Crippen LogP contribution in [0, 0.1) is 0 Å². The van der Waals surface area contributed by atoms with E-state index in [1.807, 2.05) is 32.0 Å². The minimum absolute atomic E-state index is 0.0133. The van der Waals surface area contributed by atoms with Crippen LogP contribution < -0.4 is 11.1 Å². The first-order chi connectivity index (χ1) is 10.5. The van der Waals surface area contributed by atoms with Crippen LogP contribution in [0.25, 0.3) is 0 Å². The molecule has 0 saturated heterocycles. The van der Waals surface area contributed by atoms with Gasteiger partial charge in [-0.2, -0.15) is 0 Å². The molecule has 0 unspecified atom stereocenters. The van der Waals surface area contributed by atoms with Gasteiger partial charge in [-0.3, -0.25) is 4.79 Å². The molecule has 2 aromatic rings. The zero-order valence-corrected chi connectivity index (χ0v) is 14.3. The summed E-state index contributed by atoms with van der Waals surface area (Å²) in [7, 11) is 0. The summed E-state index contributed by atoms with van der Waals surface area (Å²) in [5, 5.41) is 10.9. The lowest BCUT2D eigenvalue weighted by atomic mass is 10.1. The number of nitrogens with two attached hydrogens (primary N) is 1. The van der Waals surface area contributed by atoms with E-state index in [0.29, 0.717) is 5.13 Å². The number of hydrogen-bond donors (Lipinski definition) is 2. The highest BCUT2D eigenvalue weighted by atomic mass is 32.2. The number of aromatic nitrogens is 2. The van der Waals surface area contributed by atoms with Crippen molar-refractivity contribution >= 4 is 34.1 Å². The molecule has 2 atom stereocenters. The van der Waals surface area contributed by atoms with Crippen molar-refractivity contribution in [2.24, 2.45) is 0 Å². The van der Waals surface area contributed by atoms with Crippen molar-refractivity contribution < 1.29 is 4.79 Å². The van der Waals surface area contributed by atoms with Gasteiger partial charge in [0.25, 0.3) is 0 Å². The van der Waals surface area contributed by atoms with E-state index in [1.54, 1.807) is 0 Å². The van der Waals surface area contributed by atoms with Crippen molar-refractivity contribution in [1.82, 2.24) is 15.5 Å². The first kappa shape index (κ1) is 16.8. The second kappa shape index (κ2) is 8.14. The van der Waals surface area contributed by atoms with Crippen LogP contribution in [0.1, 0.15) is 25.8 Å². The number of carbonyl (C=O) groups excluding carboxylic acids is 1. The van der Waals surface area contributed by atoms with Gasteiger partial charge in [-0.25, -0.2) is 0 Å². The summed E-state index contributed by atoms with van der Waals surface area (Å²) in [6, 6.07) is 10.4. The lowest BCUT2D eigenvalue weighted by Gasteiger charge is -2.16. The van der Waals surface area contributed by atoms with Gasteiger partial charge in [-0.05, 0) is 32.3 Å². The van der Waals surface area contributed by atoms with Gasteiger partial charge >= 0.3 is 0 Å². The molecule has 0 spiro atoms. The fraction of sp³-hybridized carbons (Fsp3) is 0.400. The van der Waals surface area contributed by atoms with Crippen LogP contribution in [0.15, 0.2) is 34.7 Å².